The third-order valence-electron chi connectivity index (χ3n) is 3.95. The maximum atomic E-state index is 11.8. The van der Waals surface area contributed by atoms with Gasteiger partial charge in [-0.2, -0.15) is 0 Å². The Labute approximate surface area is 106 Å². The van der Waals surface area contributed by atoms with Gasteiger partial charge in [0.1, 0.15) is 0 Å². The van der Waals surface area contributed by atoms with E-state index in [-0.39, 0.29) is 5.91 Å². The summed E-state index contributed by atoms with van der Waals surface area (Å²) < 4.78 is 0. The molecule has 1 fully saturated rings. The molecular weight excluding hydrogens is 212 g/mol. The summed E-state index contributed by atoms with van der Waals surface area (Å²) in [5, 5.41) is 3.10. The molecule has 0 radical (unpaired) electrons. The van der Waals surface area contributed by atoms with Crippen LogP contribution in [0, 0.1) is 5.92 Å². The quantitative estimate of drug-likeness (QED) is 0.750. The minimum Gasteiger partial charge on any atom is -0.353 e. The van der Waals surface area contributed by atoms with Gasteiger partial charge in [-0.1, -0.05) is 26.7 Å². The predicted octanol–water partition coefficient (Wildman–Crippen LogP) is 2.59. The lowest BCUT2D eigenvalue weighted by molar-refractivity contribution is -0.122. The van der Waals surface area contributed by atoms with Gasteiger partial charge in [-0.05, 0) is 38.0 Å². The summed E-state index contributed by atoms with van der Waals surface area (Å²) in [6.07, 6.45) is 8.50. The highest BCUT2D eigenvalue weighted by molar-refractivity contribution is 5.76. The summed E-state index contributed by atoms with van der Waals surface area (Å²) >= 11 is 0. The van der Waals surface area contributed by atoms with Crippen LogP contribution in [0.4, 0.5) is 0 Å². The number of nitrogens with two attached hydrogens (primary N) is 1. The van der Waals surface area contributed by atoms with Crippen molar-refractivity contribution in [3.8, 4) is 0 Å². The van der Waals surface area contributed by atoms with Gasteiger partial charge in [-0.15, -0.1) is 0 Å². The Morgan fingerprint density at radius 2 is 2.06 bits per heavy atom. The van der Waals surface area contributed by atoms with Gasteiger partial charge in [0.25, 0.3) is 0 Å². The van der Waals surface area contributed by atoms with E-state index < -0.39 is 0 Å². The van der Waals surface area contributed by atoms with E-state index in [1.54, 1.807) is 0 Å². The second-order valence-electron chi connectivity index (χ2n) is 5.41. The normalized spacial score (nSPS) is 24.9. The molecule has 0 aromatic rings. The van der Waals surface area contributed by atoms with E-state index in [1.165, 1.54) is 12.8 Å². The topological polar surface area (TPSA) is 55.1 Å². The molecule has 0 saturated heterocycles. The summed E-state index contributed by atoms with van der Waals surface area (Å²) in [5.41, 5.74) is 5.95. The van der Waals surface area contributed by atoms with Crippen molar-refractivity contribution in [1.82, 2.24) is 5.32 Å². The standard InChI is InChI=1S/C14H28N2O/c1-3-13(4-2)16-14(17)9-8-11-6-5-7-12(15)10-11/h11-13H,3-10,15H2,1-2H3,(H,16,17). The van der Waals surface area contributed by atoms with Crippen molar-refractivity contribution < 1.29 is 4.79 Å². The van der Waals surface area contributed by atoms with E-state index in [4.69, 9.17) is 5.73 Å². The van der Waals surface area contributed by atoms with Crippen LogP contribution in [-0.4, -0.2) is 18.0 Å². The highest BCUT2D eigenvalue weighted by Crippen LogP contribution is 2.26. The zero-order chi connectivity index (χ0) is 12.7. The molecule has 3 nitrogen and oxygen atoms in total. The Balaban J connectivity index is 2.18. The van der Waals surface area contributed by atoms with Crippen LogP contribution in [0.3, 0.4) is 0 Å². The Morgan fingerprint density at radius 1 is 1.35 bits per heavy atom. The first-order valence-electron chi connectivity index (χ1n) is 7.20. The minimum absolute atomic E-state index is 0.220. The molecule has 1 aliphatic rings. The molecule has 0 spiro atoms. The molecule has 0 heterocycles. The summed E-state index contributed by atoms with van der Waals surface area (Å²) in [6.45, 7) is 4.24. The highest BCUT2D eigenvalue weighted by Gasteiger charge is 2.20. The minimum atomic E-state index is 0.220. The van der Waals surface area contributed by atoms with Gasteiger partial charge in [-0.25, -0.2) is 0 Å². The fraction of sp³-hybridized carbons (Fsp3) is 0.929. The van der Waals surface area contributed by atoms with Crippen LogP contribution in [-0.2, 0) is 4.79 Å². The van der Waals surface area contributed by atoms with Gasteiger partial charge in [0, 0.05) is 18.5 Å². The van der Waals surface area contributed by atoms with Crippen molar-refractivity contribution in [3.63, 3.8) is 0 Å². The van der Waals surface area contributed by atoms with Crippen LogP contribution in [0.25, 0.3) is 0 Å². The smallest absolute Gasteiger partial charge is 0.220 e. The van der Waals surface area contributed by atoms with Crippen molar-refractivity contribution in [1.29, 1.82) is 0 Å². The van der Waals surface area contributed by atoms with E-state index >= 15 is 0 Å². The molecule has 0 aliphatic heterocycles. The molecule has 1 saturated carbocycles. The SMILES string of the molecule is CCC(CC)NC(=O)CCC1CCCC(N)C1. The molecule has 0 aromatic carbocycles. The Morgan fingerprint density at radius 3 is 2.65 bits per heavy atom. The van der Waals surface area contributed by atoms with Crippen LogP contribution >= 0.6 is 0 Å². The molecule has 1 amide bonds. The lowest BCUT2D eigenvalue weighted by Gasteiger charge is -2.26. The van der Waals surface area contributed by atoms with Crippen LogP contribution in [0.5, 0.6) is 0 Å². The van der Waals surface area contributed by atoms with E-state index in [2.05, 4.69) is 19.2 Å². The van der Waals surface area contributed by atoms with Gasteiger partial charge in [-0.3, -0.25) is 4.79 Å². The maximum absolute atomic E-state index is 11.8. The first-order valence-corrected chi connectivity index (χ1v) is 7.20. The molecule has 2 unspecified atom stereocenters. The van der Waals surface area contributed by atoms with Crippen molar-refractivity contribution in [2.24, 2.45) is 11.7 Å². The van der Waals surface area contributed by atoms with Crippen molar-refractivity contribution in [3.05, 3.63) is 0 Å². The Kier molecular flexibility index (Phi) is 6.56. The van der Waals surface area contributed by atoms with Crippen molar-refractivity contribution in [2.45, 2.75) is 77.3 Å². The summed E-state index contributed by atoms with van der Waals surface area (Å²) in [4.78, 5) is 11.8. The fourth-order valence-electron chi connectivity index (χ4n) is 2.72. The van der Waals surface area contributed by atoms with Crippen LogP contribution in [0.15, 0.2) is 0 Å². The van der Waals surface area contributed by atoms with Crippen LogP contribution < -0.4 is 11.1 Å². The van der Waals surface area contributed by atoms with E-state index in [0.717, 1.165) is 32.1 Å². The number of amides is 1. The second kappa shape index (κ2) is 7.70. The Bertz CT molecular complexity index is 226. The summed E-state index contributed by atoms with van der Waals surface area (Å²) in [6, 6.07) is 0.729. The zero-order valence-electron chi connectivity index (χ0n) is 11.4. The molecule has 100 valence electrons. The van der Waals surface area contributed by atoms with Crippen LogP contribution in [0.2, 0.25) is 0 Å². The zero-order valence-corrected chi connectivity index (χ0v) is 11.4. The summed E-state index contributed by atoms with van der Waals surface area (Å²) in [5.74, 6) is 0.893. The third-order valence-corrected chi connectivity index (χ3v) is 3.95. The molecule has 3 N–H and O–H groups in total. The van der Waals surface area contributed by atoms with E-state index in [9.17, 15) is 4.79 Å². The number of rotatable bonds is 6. The monoisotopic (exact) mass is 240 g/mol. The average molecular weight is 240 g/mol. The Hall–Kier alpha value is -0.570. The molecule has 0 bridgehead atoms. The number of carbonyl (C=O) groups is 1. The maximum Gasteiger partial charge on any atom is 0.220 e. The molecule has 1 aliphatic carbocycles. The number of hydrogen-bond acceptors (Lipinski definition) is 2. The molecule has 1 rings (SSSR count). The van der Waals surface area contributed by atoms with Gasteiger partial charge in [0.15, 0.2) is 0 Å². The molecule has 17 heavy (non-hydrogen) atoms. The predicted molar refractivity (Wildman–Crippen MR) is 71.7 cm³/mol. The largest absolute Gasteiger partial charge is 0.353 e. The number of hydrogen-bond donors (Lipinski definition) is 2. The van der Waals surface area contributed by atoms with Crippen molar-refractivity contribution in [2.75, 3.05) is 0 Å². The van der Waals surface area contributed by atoms with Crippen LogP contribution in [0.1, 0.15) is 65.2 Å². The first-order chi connectivity index (χ1) is 8.15. The molecule has 0 aromatic heterocycles. The number of carbonyl (C=O) groups excluding carboxylic acids is 1. The van der Waals surface area contributed by atoms with Gasteiger partial charge in [0.2, 0.25) is 5.91 Å². The lowest BCUT2D eigenvalue weighted by atomic mass is 9.83. The molecular formula is C14H28N2O. The second-order valence-corrected chi connectivity index (χ2v) is 5.41. The average Bonchev–Trinajstić information content (AvgIpc) is 2.33. The van der Waals surface area contributed by atoms with E-state index in [1.807, 2.05) is 0 Å². The van der Waals surface area contributed by atoms with Gasteiger partial charge >= 0.3 is 0 Å². The lowest BCUT2D eigenvalue weighted by Crippen LogP contribution is -2.34. The number of nitrogens with one attached hydrogen (secondary N) is 1. The molecule has 3 heteroatoms. The molecule has 2 atom stereocenters. The van der Waals surface area contributed by atoms with E-state index in [0.29, 0.717) is 24.4 Å². The summed E-state index contributed by atoms with van der Waals surface area (Å²) in [7, 11) is 0. The fourth-order valence-corrected chi connectivity index (χ4v) is 2.72. The van der Waals surface area contributed by atoms with Gasteiger partial charge in [0.05, 0.1) is 0 Å². The first kappa shape index (κ1) is 14.5. The highest BCUT2D eigenvalue weighted by atomic mass is 16.1. The van der Waals surface area contributed by atoms with Crippen molar-refractivity contribution >= 4 is 5.91 Å². The third kappa shape index (κ3) is 5.53. The van der Waals surface area contributed by atoms with Gasteiger partial charge < -0.3 is 11.1 Å².